The van der Waals surface area contributed by atoms with Gasteiger partial charge in [0, 0.05) is 29.2 Å². The summed E-state index contributed by atoms with van der Waals surface area (Å²) in [5, 5.41) is 12.4. The molecule has 1 saturated carbocycles. The minimum absolute atomic E-state index is 0. The molecule has 1 fully saturated rings. The lowest BCUT2D eigenvalue weighted by molar-refractivity contribution is 0.135. The minimum atomic E-state index is -0.183. The molecule has 5 nitrogen and oxygen atoms in total. The van der Waals surface area contributed by atoms with E-state index in [0.29, 0.717) is 25.6 Å². The highest BCUT2D eigenvalue weighted by atomic mass is 19.1. The molecule has 0 amide bonds. The number of benzene rings is 1. The molecule has 0 aliphatic heterocycles. The maximum atomic E-state index is 13.4. The number of allylic oxidation sites excluding steroid dienone is 3. The molecule has 3 N–H and O–H groups in total. The summed E-state index contributed by atoms with van der Waals surface area (Å²) in [6, 6.07) is 5.00. The van der Waals surface area contributed by atoms with Crippen molar-refractivity contribution >= 4 is 6.21 Å². The first-order chi connectivity index (χ1) is 14.1. The highest BCUT2D eigenvalue weighted by molar-refractivity contribution is 5.85. The van der Waals surface area contributed by atoms with Crippen LogP contribution in [0.3, 0.4) is 0 Å². The molecule has 1 aliphatic carbocycles. The van der Waals surface area contributed by atoms with Crippen LogP contribution in [0.5, 0.6) is 0 Å². The third-order valence-corrected chi connectivity index (χ3v) is 4.78. The summed E-state index contributed by atoms with van der Waals surface area (Å²) in [6.07, 6.45) is 8.16. The number of nitrogens with zero attached hydrogens (tertiary/aromatic N) is 1. The van der Waals surface area contributed by atoms with Crippen molar-refractivity contribution in [1.82, 2.24) is 10.8 Å². The molecule has 164 valence electrons. The Bertz CT molecular complexity index is 793. The molecule has 0 unspecified atom stereocenters. The van der Waals surface area contributed by atoms with Crippen molar-refractivity contribution in [2.24, 2.45) is 4.99 Å². The van der Waals surface area contributed by atoms with Gasteiger partial charge in [-0.1, -0.05) is 25.6 Å². The Morgan fingerprint density at radius 2 is 2.14 bits per heavy atom. The normalized spacial score (nSPS) is 13.7. The molecular weight excluding hydrogens is 369 g/mol. The van der Waals surface area contributed by atoms with Crippen LogP contribution in [0.1, 0.15) is 48.5 Å². The van der Waals surface area contributed by atoms with Gasteiger partial charge in [-0.05, 0) is 67.9 Å². The Morgan fingerprint density at radius 1 is 1.34 bits per heavy atom. The van der Waals surface area contributed by atoms with Gasteiger partial charge in [-0.2, -0.15) is 0 Å². The zero-order valence-electron chi connectivity index (χ0n) is 17.4. The van der Waals surface area contributed by atoms with Crippen LogP contribution in [0.25, 0.3) is 0 Å². The monoisotopic (exact) mass is 407 g/mol. The van der Waals surface area contributed by atoms with Gasteiger partial charge in [0.2, 0.25) is 0 Å². The molecule has 2 rings (SSSR count). The number of hydrogen-bond donors (Lipinski definition) is 3. The van der Waals surface area contributed by atoms with E-state index in [-0.39, 0.29) is 10.1 Å². The molecule has 0 spiro atoms. The van der Waals surface area contributed by atoms with Crippen LogP contribution >= 0.6 is 0 Å². The molecule has 29 heavy (non-hydrogen) atoms. The predicted octanol–water partition coefficient (Wildman–Crippen LogP) is 5.18. The van der Waals surface area contributed by atoms with E-state index in [4.69, 9.17) is 4.74 Å². The SMILES string of the molecule is C=C(/N=C\C(=C/C)C(NO)=C1CC1)NCCOCCCc1cc(F)ccc1CC.[HH].[HH].[HH]. The van der Waals surface area contributed by atoms with Crippen LogP contribution in [0, 0.1) is 5.82 Å². The van der Waals surface area contributed by atoms with E-state index in [2.05, 4.69) is 29.3 Å². The van der Waals surface area contributed by atoms with E-state index < -0.39 is 0 Å². The summed E-state index contributed by atoms with van der Waals surface area (Å²) in [7, 11) is 0. The van der Waals surface area contributed by atoms with Crippen LogP contribution in [0.2, 0.25) is 0 Å². The maximum absolute atomic E-state index is 13.4. The Balaban J connectivity index is 0. The first-order valence-corrected chi connectivity index (χ1v) is 10.2. The van der Waals surface area contributed by atoms with Gasteiger partial charge in [0.25, 0.3) is 0 Å². The second-order valence-corrected chi connectivity index (χ2v) is 6.95. The number of aliphatic imine (C=N–C) groups is 1. The first-order valence-electron chi connectivity index (χ1n) is 10.2. The summed E-state index contributed by atoms with van der Waals surface area (Å²) < 4.78 is 19.0. The number of ether oxygens (including phenoxy) is 1. The largest absolute Gasteiger partial charge is 0.380 e. The van der Waals surface area contributed by atoms with Gasteiger partial charge in [-0.25, -0.2) is 9.38 Å². The summed E-state index contributed by atoms with van der Waals surface area (Å²) in [6.45, 7) is 9.64. The minimum Gasteiger partial charge on any atom is -0.380 e. The van der Waals surface area contributed by atoms with E-state index >= 15 is 0 Å². The average Bonchev–Trinajstić information content (AvgIpc) is 3.55. The maximum Gasteiger partial charge on any atom is 0.123 e. The summed E-state index contributed by atoms with van der Waals surface area (Å²) in [4.78, 5) is 4.30. The zero-order valence-corrected chi connectivity index (χ0v) is 17.4. The van der Waals surface area contributed by atoms with Gasteiger partial charge in [0.05, 0.1) is 12.3 Å². The topological polar surface area (TPSA) is 65.9 Å². The summed E-state index contributed by atoms with van der Waals surface area (Å²) in [5.74, 6) is 0.357. The second kappa shape index (κ2) is 12.2. The molecule has 0 atom stereocenters. The lowest BCUT2D eigenvalue weighted by atomic mass is 10.0. The molecule has 0 saturated heterocycles. The molecule has 1 aromatic carbocycles. The molecule has 1 aromatic rings. The Kier molecular flexibility index (Phi) is 9.60. The molecule has 6 heteroatoms. The van der Waals surface area contributed by atoms with Crippen molar-refractivity contribution in [3.8, 4) is 0 Å². The van der Waals surface area contributed by atoms with Crippen molar-refractivity contribution in [2.75, 3.05) is 19.8 Å². The van der Waals surface area contributed by atoms with Gasteiger partial charge in [0.1, 0.15) is 11.6 Å². The first kappa shape index (κ1) is 22.8. The van der Waals surface area contributed by atoms with Crippen molar-refractivity contribution < 1.29 is 18.6 Å². The Morgan fingerprint density at radius 3 is 2.79 bits per heavy atom. The van der Waals surface area contributed by atoms with Gasteiger partial charge >= 0.3 is 0 Å². The Hall–Kier alpha value is -2.44. The van der Waals surface area contributed by atoms with E-state index in [0.717, 1.165) is 48.9 Å². The molecule has 0 heterocycles. The molecule has 0 radical (unpaired) electrons. The van der Waals surface area contributed by atoms with E-state index in [1.165, 1.54) is 17.2 Å². The second-order valence-electron chi connectivity index (χ2n) is 6.95. The smallest absolute Gasteiger partial charge is 0.123 e. The van der Waals surface area contributed by atoms with Crippen LogP contribution in [-0.4, -0.2) is 31.2 Å². The van der Waals surface area contributed by atoms with Gasteiger partial charge in [-0.15, -0.1) is 0 Å². The third kappa shape index (κ3) is 7.83. The van der Waals surface area contributed by atoms with Gasteiger partial charge in [0.15, 0.2) is 0 Å². The number of aryl methyl sites for hydroxylation is 2. The summed E-state index contributed by atoms with van der Waals surface area (Å²) >= 11 is 0. The van der Waals surface area contributed by atoms with Gasteiger partial charge < -0.3 is 10.1 Å². The third-order valence-electron chi connectivity index (χ3n) is 4.78. The predicted molar refractivity (Wildman–Crippen MR) is 122 cm³/mol. The average molecular weight is 408 g/mol. The lowest BCUT2D eigenvalue weighted by Crippen LogP contribution is -2.18. The zero-order chi connectivity index (χ0) is 21.1. The summed E-state index contributed by atoms with van der Waals surface area (Å²) in [5.41, 5.74) is 7.29. The van der Waals surface area contributed by atoms with E-state index in [1.54, 1.807) is 12.3 Å². The highest BCUT2D eigenvalue weighted by Gasteiger charge is 2.19. The molecular formula is C23H38FN3O2. The highest BCUT2D eigenvalue weighted by Crippen LogP contribution is 2.32. The molecule has 0 aromatic heterocycles. The number of hydroxylamine groups is 1. The van der Waals surface area contributed by atoms with E-state index in [9.17, 15) is 9.60 Å². The van der Waals surface area contributed by atoms with Crippen LogP contribution in [0.15, 0.2) is 58.5 Å². The standard InChI is InChI=1S/C23H32FN3O2.3H2/c1-4-18-10-11-22(24)15-21(18)7-6-13-29-14-12-25-17(3)26-16-19(5-2)23(27-28)20-8-9-20;;;/h5,10-11,15-16,25,27-28H,3-4,6-9,12-14H2,1-2H3;3*1H/b19-5+,26-16-;;;. The van der Waals surface area contributed by atoms with Crippen molar-refractivity contribution in [1.29, 1.82) is 0 Å². The number of hydrogen-bond acceptors (Lipinski definition) is 5. The van der Waals surface area contributed by atoms with Crippen LogP contribution < -0.4 is 10.8 Å². The Labute approximate surface area is 177 Å². The van der Waals surface area contributed by atoms with E-state index in [1.807, 2.05) is 19.1 Å². The fraction of sp³-hybridized carbons (Fsp3) is 0.435. The molecule has 1 aliphatic rings. The number of halogens is 1. The fourth-order valence-electron chi connectivity index (χ4n) is 3.04. The van der Waals surface area contributed by atoms with Crippen LogP contribution in [0.4, 0.5) is 4.39 Å². The quantitative estimate of drug-likeness (QED) is 0.239. The number of nitrogens with one attached hydrogen (secondary N) is 2. The van der Waals surface area contributed by atoms with Crippen molar-refractivity contribution in [2.45, 2.75) is 46.0 Å². The van der Waals surface area contributed by atoms with Crippen LogP contribution in [-0.2, 0) is 17.6 Å². The van der Waals surface area contributed by atoms with Gasteiger partial charge in [-0.3, -0.25) is 10.7 Å². The lowest BCUT2D eigenvalue weighted by Gasteiger charge is -2.10. The molecule has 0 bridgehead atoms. The van der Waals surface area contributed by atoms with Crippen molar-refractivity contribution in [3.05, 3.63) is 70.5 Å². The number of rotatable bonds is 13. The van der Waals surface area contributed by atoms with Crippen molar-refractivity contribution in [3.63, 3.8) is 0 Å². The fourth-order valence-corrected chi connectivity index (χ4v) is 3.04.